The molecule has 0 N–H and O–H groups in total. The zero-order valence-electron chi connectivity index (χ0n) is 27.4. The average molecular weight is 657 g/mol. The SMILES string of the molecule is COCN1CC(OC(=O)Cc2ccc(Cc3ccc(CC(=O)OC4CN(COC)C(=O)N(COC)C4)cc3)cc2)CN(COC)C1=O. The van der Waals surface area contributed by atoms with Crippen LogP contribution in [-0.2, 0) is 57.3 Å². The van der Waals surface area contributed by atoms with Crippen molar-refractivity contribution in [3.8, 4) is 0 Å². The molecular weight excluding hydrogens is 612 g/mol. The van der Waals surface area contributed by atoms with E-state index in [1.807, 2.05) is 48.5 Å². The van der Waals surface area contributed by atoms with Gasteiger partial charge in [-0.3, -0.25) is 29.2 Å². The Hall–Kier alpha value is -4.24. The Morgan fingerprint density at radius 1 is 0.532 bits per heavy atom. The molecule has 256 valence electrons. The highest BCUT2D eigenvalue weighted by Gasteiger charge is 2.35. The van der Waals surface area contributed by atoms with Crippen molar-refractivity contribution in [3.05, 3.63) is 70.8 Å². The minimum atomic E-state index is -0.495. The number of hydrogen-bond donors (Lipinski definition) is 0. The monoisotopic (exact) mass is 656 g/mol. The second-order valence-electron chi connectivity index (χ2n) is 11.5. The van der Waals surface area contributed by atoms with Gasteiger partial charge < -0.3 is 28.4 Å². The smallest absolute Gasteiger partial charge is 0.323 e. The lowest BCUT2D eigenvalue weighted by atomic mass is 10.0. The first kappa shape index (κ1) is 35.6. The molecule has 47 heavy (non-hydrogen) atoms. The fraction of sp³-hybridized carbons (Fsp3) is 0.515. The van der Waals surface area contributed by atoms with E-state index in [4.69, 9.17) is 28.4 Å². The molecule has 2 aliphatic rings. The number of amides is 4. The van der Waals surface area contributed by atoms with E-state index in [0.29, 0.717) is 6.42 Å². The van der Waals surface area contributed by atoms with E-state index < -0.39 is 12.2 Å². The number of rotatable bonds is 16. The van der Waals surface area contributed by atoms with Crippen molar-refractivity contribution in [1.82, 2.24) is 19.6 Å². The highest BCUT2D eigenvalue weighted by Crippen LogP contribution is 2.17. The van der Waals surface area contributed by atoms with Gasteiger partial charge in [0.1, 0.15) is 39.1 Å². The minimum Gasteiger partial charge on any atom is -0.458 e. The Balaban J connectivity index is 1.24. The number of hydrogen-bond acceptors (Lipinski definition) is 10. The van der Waals surface area contributed by atoms with Crippen molar-refractivity contribution in [3.63, 3.8) is 0 Å². The molecule has 0 spiro atoms. The molecular formula is C33H44N4O10. The predicted molar refractivity (Wildman–Crippen MR) is 168 cm³/mol. The zero-order chi connectivity index (χ0) is 33.8. The maximum Gasteiger partial charge on any atom is 0.323 e. The van der Waals surface area contributed by atoms with Gasteiger partial charge in [-0.05, 0) is 28.7 Å². The van der Waals surface area contributed by atoms with Gasteiger partial charge in [-0.15, -0.1) is 0 Å². The molecule has 4 amide bonds. The van der Waals surface area contributed by atoms with Crippen LogP contribution in [0.1, 0.15) is 22.3 Å². The topological polar surface area (TPSA) is 137 Å². The highest BCUT2D eigenvalue weighted by atomic mass is 16.6. The summed E-state index contributed by atoms with van der Waals surface area (Å²) in [4.78, 5) is 56.3. The summed E-state index contributed by atoms with van der Waals surface area (Å²) < 4.78 is 31.8. The lowest BCUT2D eigenvalue weighted by Gasteiger charge is -2.38. The van der Waals surface area contributed by atoms with E-state index in [1.54, 1.807) is 0 Å². The van der Waals surface area contributed by atoms with E-state index in [0.717, 1.165) is 22.3 Å². The second-order valence-corrected chi connectivity index (χ2v) is 11.5. The van der Waals surface area contributed by atoms with Crippen LogP contribution < -0.4 is 0 Å². The average Bonchev–Trinajstić information content (AvgIpc) is 3.04. The van der Waals surface area contributed by atoms with Crippen LogP contribution in [0.2, 0.25) is 0 Å². The van der Waals surface area contributed by atoms with Crippen molar-refractivity contribution in [2.45, 2.75) is 31.5 Å². The standard InChI is InChI=1S/C33H44N4O10/c1-42-20-34-16-28(17-35(21-43-2)32(34)40)46-30(38)14-26-9-5-24(6-10-26)13-25-7-11-27(12-8-25)15-31(39)47-29-18-36(22-44-3)33(41)37(19-29)23-45-4/h5-12,28-29H,13-23H2,1-4H3. The molecule has 2 aliphatic heterocycles. The summed E-state index contributed by atoms with van der Waals surface area (Å²) in [5, 5.41) is 0. The fourth-order valence-corrected chi connectivity index (χ4v) is 5.59. The van der Waals surface area contributed by atoms with Gasteiger partial charge >= 0.3 is 24.0 Å². The summed E-state index contributed by atoms with van der Waals surface area (Å²) in [5.74, 6) is -0.755. The third-order valence-electron chi connectivity index (χ3n) is 7.67. The highest BCUT2D eigenvalue weighted by molar-refractivity contribution is 5.77. The number of urea groups is 2. The summed E-state index contributed by atoms with van der Waals surface area (Å²) >= 11 is 0. The summed E-state index contributed by atoms with van der Waals surface area (Å²) in [6.45, 7) is 1.39. The normalized spacial score (nSPS) is 16.2. The Kier molecular flexibility index (Phi) is 13.3. The summed E-state index contributed by atoms with van der Waals surface area (Å²) in [5.41, 5.74) is 3.78. The maximum atomic E-state index is 12.7. The molecule has 2 fully saturated rings. The third kappa shape index (κ3) is 10.4. The largest absolute Gasteiger partial charge is 0.458 e. The van der Waals surface area contributed by atoms with Gasteiger partial charge in [-0.25, -0.2) is 9.59 Å². The molecule has 0 bridgehead atoms. The fourth-order valence-electron chi connectivity index (χ4n) is 5.59. The number of benzene rings is 2. The molecule has 4 rings (SSSR count). The minimum absolute atomic E-state index is 0.0948. The number of ether oxygens (including phenoxy) is 6. The quantitative estimate of drug-likeness (QED) is 0.247. The number of esters is 2. The van der Waals surface area contributed by atoms with Gasteiger partial charge in [0.2, 0.25) is 0 Å². The van der Waals surface area contributed by atoms with Crippen molar-refractivity contribution in [2.75, 3.05) is 81.5 Å². The van der Waals surface area contributed by atoms with Crippen LogP contribution in [0.4, 0.5) is 9.59 Å². The number of carbonyl (C=O) groups is 4. The van der Waals surface area contributed by atoms with Crippen molar-refractivity contribution >= 4 is 24.0 Å². The van der Waals surface area contributed by atoms with Gasteiger partial charge in [0, 0.05) is 28.4 Å². The zero-order valence-corrected chi connectivity index (χ0v) is 27.4. The van der Waals surface area contributed by atoms with Crippen molar-refractivity contribution in [1.29, 1.82) is 0 Å². The molecule has 14 nitrogen and oxygen atoms in total. The Morgan fingerprint density at radius 2 is 0.809 bits per heavy atom. The van der Waals surface area contributed by atoms with E-state index >= 15 is 0 Å². The van der Waals surface area contributed by atoms with Crippen LogP contribution in [0.5, 0.6) is 0 Å². The summed E-state index contributed by atoms with van der Waals surface area (Å²) in [6, 6.07) is 15.1. The van der Waals surface area contributed by atoms with Crippen LogP contribution in [0.15, 0.2) is 48.5 Å². The van der Waals surface area contributed by atoms with E-state index in [1.165, 1.54) is 48.0 Å². The van der Waals surface area contributed by atoms with Gasteiger partial charge in [0.15, 0.2) is 0 Å². The molecule has 2 heterocycles. The lowest BCUT2D eigenvalue weighted by Crippen LogP contribution is -2.57. The number of nitrogens with zero attached hydrogens (tertiary/aromatic N) is 4. The molecule has 2 aromatic rings. The van der Waals surface area contributed by atoms with E-state index in [2.05, 4.69) is 0 Å². The van der Waals surface area contributed by atoms with Crippen LogP contribution in [-0.4, -0.2) is 137 Å². The molecule has 0 saturated carbocycles. The van der Waals surface area contributed by atoms with Crippen LogP contribution in [0, 0.1) is 0 Å². The molecule has 14 heteroatoms. The van der Waals surface area contributed by atoms with Crippen LogP contribution in [0.3, 0.4) is 0 Å². The lowest BCUT2D eigenvalue weighted by molar-refractivity contribution is -0.153. The molecule has 2 saturated heterocycles. The predicted octanol–water partition coefficient (Wildman–Crippen LogP) is 2.08. The van der Waals surface area contributed by atoms with Gasteiger partial charge in [0.25, 0.3) is 0 Å². The first-order valence-corrected chi connectivity index (χ1v) is 15.3. The van der Waals surface area contributed by atoms with Crippen LogP contribution >= 0.6 is 0 Å². The molecule has 0 unspecified atom stereocenters. The summed E-state index contributed by atoms with van der Waals surface area (Å²) in [6.07, 6.45) is -0.0986. The van der Waals surface area contributed by atoms with Crippen molar-refractivity contribution in [2.24, 2.45) is 0 Å². The Morgan fingerprint density at radius 3 is 1.09 bits per heavy atom. The summed E-state index contributed by atoms with van der Waals surface area (Å²) in [7, 11) is 6.00. The molecule has 0 atom stereocenters. The van der Waals surface area contributed by atoms with Crippen LogP contribution in [0.25, 0.3) is 0 Å². The second kappa shape index (κ2) is 17.6. The first-order valence-electron chi connectivity index (χ1n) is 15.3. The molecule has 0 radical (unpaired) electrons. The molecule has 2 aromatic carbocycles. The first-order chi connectivity index (χ1) is 22.7. The third-order valence-corrected chi connectivity index (χ3v) is 7.67. The van der Waals surface area contributed by atoms with E-state index in [9.17, 15) is 19.2 Å². The maximum absolute atomic E-state index is 12.7. The Bertz CT molecular complexity index is 1200. The number of carbonyl (C=O) groups excluding carboxylic acids is 4. The van der Waals surface area contributed by atoms with Crippen molar-refractivity contribution < 1.29 is 47.6 Å². The van der Waals surface area contributed by atoms with Gasteiger partial charge in [-0.1, -0.05) is 48.5 Å². The van der Waals surface area contributed by atoms with Gasteiger partial charge in [0.05, 0.1) is 39.0 Å². The van der Waals surface area contributed by atoms with Gasteiger partial charge in [-0.2, -0.15) is 0 Å². The van der Waals surface area contributed by atoms with E-state index in [-0.39, 0.29) is 89.9 Å². The number of methoxy groups -OCH3 is 4. The Labute approximate surface area is 275 Å². The molecule has 0 aliphatic carbocycles. The molecule has 0 aromatic heterocycles.